The number of halogens is 1. The summed E-state index contributed by atoms with van der Waals surface area (Å²) in [5.41, 5.74) is 6.79. The monoisotopic (exact) mass is 682 g/mol. The molecule has 2 aliphatic rings. The van der Waals surface area contributed by atoms with Crippen molar-refractivity contribution in [1.29, 1.82) is 0 Å². The van der Waals surface area contributed by atoms with Gasteiger partial charge in [-0.2, -0.15) is 0 Å². The van der Waals surface area contributed by atoms with Gasteiger partial charge in [0.1, 0.15) is 17.5 Å². The first kappa shape index (κ1) is 36.9. The fraction of sp³-hybridized carbons (Fsp3) is 0.471. The van der Waals surface area contributed by atoms with Gasteiger partial charge in [0.15, 0.2) is 5.78 Å². The molecule has 0 saturated carbocycles. The second-order valence-electron chi connectivity index (χ2n) is 12.8. The predicted molar refractivity (Wildman–Crippen MR) is 177 cm³/mol. The van der Waals surface area contributed by atoms with Crippen molar-refractivity contribution in [3.63, 3.8) is 0 Å². The van der Waals surface area contributed by atoms with Crippen molar-refractivity contribution < 1.29 is 42.6 Å². The Morgan fingerprint density at radius 1 is 0.959 bits per heavy atom. The topological polar surface area (TPSA) is 167 Å². The lowest BCUT2D eigenvalue weighted by atomic mass is 10.0. The van der Waals surface area contributed by atoms with E-state index in [-0.39, 0.29) is 50.1 Å². The zero-order chi connectivity index (χ0) is 35.7. The summed E-state index contributed by atoms with van der Waals surface area (Å²) in [6.45, 7) is 8.41. The number of hydrogen-bond donors (Lipinski definition) is 3. The van der Waals surface area contributed by atoms with Crippen LogP contribution in [0.3, 0.4) is 0 Å². The lowest BCUT2D eigenvalue weighted by Crippen LogP contribution is -2.49. The number of hydrazine groups is 1. The third kappa shape index (κ3) is 10.8. The molecule has 2 aromatic rings. The number of Topliss-reactive ketones (excluding diaryl/α,β-unsaturated/α-hetero) is 2. The van der Waals surface area contributed by atoms with E-state index in [1.54, 1.807) is 62.1 Å². The van der Waals surface area contributed by atoms with Crippen LogP contribution in [0.4, 0.5) is 20.6 Å². The average molecular weight is 683 g/mol. The minimum absolute atomic E-state index is 0.0473. The minimum atomic E-state index is -0.909. The number of esters is 1. The van der Waals surface area contributed by atoms with Gasteiger partial charge in [-0.15, -0.1) is 0 Å². The smallest absolute Gasteiger partial charge is 0.414 e. The summed E-state index contributed by atoms with van der Waals surface area (Å²) in [6, 6.07) is 11.4. The number of piperazine rings is 1. The highest BCUT2D eigenvalue weighted by Gasteiger charge is 2.33. The molecule has 2 saturated heterocycles. The zero-order valence-corrected chi connectivity index (χ0v) is 28.2. The molecule has 0 spiro atoms. The Kier molecular flexibility index (Phi) is 12.4. The third-order valence-corrected chi connectivity index (χ3v) is 7.80. The Morgan fingerprint density at radius 2 is 1.65 bits per heavy atom. The zero-order valence-electron chi connectivity index (χ0n) is 28.2. The van der Waals surface area contributed by atoms with E-state index in [4.69, 9.17) is 9.47 Å². The lowest BCUT2D eigenvalue weighted by molar-refractivity contribution is -0.162. The van der Waals surface area contributed by atoms with E-state index < -0.39 is 35.4 Å². The van der Waals surface area contributed by atoms with Gasteiger partial charge in [-0.1, -0.05) is 24.3 Å². The molecule has 2 aromatic carbocycles. The number of hydrogen-bond acceptors (Lipinski definition) is 11. The van der Waals surface area contributed by atoms with Crippen molar-refractivity contribution >= 4 is 46.8 Å². The summed E-state index contributed by atoms with van der Waals surface area (Å²) in [5, 5.41) is 2.60. The van der Waals surface area contributed by atoms with Crippen molar-refractivity contribution in [3.8, 4) is 0 Å². The molecule has 2 aliphatic heterocycles. The first-order valence-electron chi connectivity index (χ1n) is 16.1. The number of ketones is 2. The van der Waals surface area contributed by atoms with Crippen LogP contribution < -0.4 is 26.0 Å². The first-order valence-corrected chi connectivity index (χ1v) is 16.1. The summed E-state index contributed by atoms with van der Waals surface area (Å²) < 4.78 is 25.5. The molecule has 0 aliphatic carbocycles. The van der Waals surface area contributed by atoms with Crippen LogP contribution in [0, 0.1) is 5.82 Å². The molecule has 2 fully saturated rings. The lowest BCUT2D eigenvalue weighted by Gasteiger charge is -2.36. The van der Waals surface area contributed by atoms with Crippen molar-refractivity contribution in [2.45, 2.75) is 58.8 Å². The van der Waals surface area contributed by atoms with Gasteiger partial charge in [-0.05, 0) is 44.5 Å². The van der Waals surface area contributed by atoms with Crippen LogP contribution >= 0.6 is 0 Å². The molecule has 0 aromatic heterocycles. The van der Waals surface area contributed by atoms with Crippen molar-refractivity contribution in [2.24, 2.45) is 0 Å². The van der Waals surface area contributed by atoms with Gasteiger partial charge >= 0.3 is 12.1 Å². The van der Waals surface area contributed by atoms with Gasteiger partial charge in [-0.25, -0.2) is 19.4 Å². The molecule has 2 heterocycles. The van der Waals surface area contributed by atoms with Crippen LogP contribution in [-0.2, 0) is 35.2 Å². The molecular formula is C34H43FN6O8. The largest absolute Gasteiger partial charge is 0.454 e. The number of nitrogens with zero attached hydrogens (tertiary/aromatic N) is 3. The van der Waals surface area contributed by atoms with Crippen molar-refractivity contribution in [1.82, 2.24) is 21.1 Å². The number of amides is 3. The van der Waals surface area contributed by atoms with E-state index in [2.05, 4.69) is 16.2 Å². The predicted octanol–water partition coefficient (Wildman–Crippen LogP) is 2.10. The van der Waals surface area contributed by atoms with E-state index in [1.165, 1.54) is 17.9 Å². The maximum absolute atomic E-state index is 15.2. The Balaban J connectivity index is 1.17. The first-order chi connectivity index (χ1) is 23.2. The third-order valence-electron chi connectivity index (χ3n) is 7.80. The Bertz CT molecular complexity index is 1550. The van der Waals surface area contributed by atoms with E-state index >= 15 is 4.39 Å². The van der Waals surface area contributed by atoms with E-state index in [0.717, 1.165) is 5.56 Å². The molecule has 4 rings (SSSR count). The Morgan fingerprint density at radius 3 is 2.29 bits per heavy atom. The van der Waals surface area contributed by atoms with Gasteiger partial charge in [0, 0.05) is 58.1 Å². The van der Waals surface area contributed by atoms with Crippen LogP contribution in [0.1, 0.15) is 56.5 Å². The fourth-order valence-electron chi connectivity index (χ4n) is 5.26. The van der Waals surface area contributed by atoms with Gasteiger partial charge in [0.25, 0.3) is 5.78 Å². The van der Waals surface area contributed by atoms with Gasteiger partial charge in [-0.3, -0.25) is 29.5 Å². The average Bonchev–Trinajstić information content (AvgIpc) is 3.44. The van der Waals surface area contributed by atoms with E-state index in [1.807, 2.05) is 4.90 Å². The number of carbonyl (C=O) groups is 6. The highest BCUT2D eigenvalue weighted by atomic mass is 19.1. The molecule has 0 bridgehead atoms. The molecule has 0 radical (unpaired) electrons. The number of carbonyl (C=O) groups excluding carboxylic acids is 6. The molecule has 15 heteroatoms. The Hall–Kier alpha value is -4.89. The Labute approximate surface area is 284 Å². The van der Waals surface area contributed by atoms with Gasteiger partial charge in [0.05, 0.1) is 31.0 Å². The molecule has 3 amide bonds. The quantitative estimate of drug-likeness (QED) is 0.0878. The molecule has 14 nitrogen and oxygen atoms in total. The summed E-state index contributed by atoms with van der Waals surface area (Å²) in [7, 11) is 0. The maximum Gasteiger partial charge on any atom is 0.414 e. The molecular weight excluding hydrogens is 639 g/mol. The molecule has 0 unspecified atom stereocenters. The van der Waals surface area contributed by atoms with E-state index in [0.29, 0.717) is 49.7 Å². The second-order valence-corrected chi connectivity index (χ2v) is 12.8. The highest BCUT2D eigenvalue weighted by Crippen LogP contribution is 2.28. The van der Waals surface area contributed by atoms with Gasteiger partial charge in [0.2, 0.25) is 11.8 Å². The molecule has 49 heavy (non-hydrogen) atoms. The number of nitrogens with one attached hydrogen (secondary N) is 3. The number of benzene rings is 2. The highest BCUT2D eigenvalue weighted by molar-refractivity contribution is 6.34. The summed E-state index contributed by atoms with van der Waals surface area (Å²) in [6.07, 6.45) is -1.04. The van der Waals surface area contributed by atoms with Crippen molar-refractivity contribution in [2.75, 3.05) is 55.6 Å². The number of ether oxygens (including phenoxy) is 2. The number of cyclic esters (lactones) is 1. The van der Waals surface area contributed by atoms with E-state index in [9.17, 15) is 28.8 Å². The molecule has 3 N–H and O–H groups in total. The van der Waals surface area contributed by atoms with Crippen LogP contribution in [0.15, 0.2) is 42.5 Å². The summed E-state index contributed by atoms with van der Waals surface area (Å²) in [5.74, 6) is -2.68. The fourth-order valence-corrected chi connectivity index (χ4v) is 5.26. The standard InChI is InChI=1S/C34H43FN6O8/c1-22(42)36-19-26-21-41(33(47)48-26)25-9-10-28(27(35)17-25)39-13-15-40(16-14-39)31(45)12-11-29(43)24-7-5-23(6-8-24)18-37-38-20-30(44)32(46)49-34(2,3)4/h5-10,17,26,37-38H,11-16,18-21H2,1-4H3,(H,36,42)/t26-/m0/s1. The normalized spacial score (nSPS) is 16.3. The van der Waals surface area contributed by atoms with Crippen LogP contribution in [0.25, 0.3) is 0 Å². The second kappa shape index (κ2) is 16.5. The summed E-state index contributed by atoms with van der Waals surface area (Å²) in [4.78, 5) is 77.5. The minimum Gasteiger partial charge on any atom is -0.454 e. The van der Waals surface area contributed by atoms with Crippen LogP contribution in [-0.4, -0.2) is 97.9 Å². The number of rotatable bonds is 14. The molecule has 1 atom stereocenters. The SMILES string of the molecule is CC(=O)NC[C@H]1CN(c2ccc(N3CCN(C(=O)CCC(=O)c4ccc(CNNCC(=O)C(=O)OC(C)(C)C)cc4)CC3)c(F)c2)C(=O)O1. The number of anilines is 2. The van der Waals surface area contributed by atoms with Crippen LogP contribution in [0.5, 0.6) is 0 Å². The summed E-state index contributed by atoms with van der Waals surface area (Å²) >= 11 is 0. The molecule has 264 valence electrons. The van der Waals surface area contributed by atoms with Crippen molar-refractivity contribution in [3.05, 3.63) is 59.4 Å². The van der Waals surface area contributed by atoms with Gasteiger partial charge < -0.3 is 24.6 Å². The maximum atomic E-state index is 15.2. The van der Waals surface area contributed by atoms with Crippen LogP contribution in [0.2, 0.25) is 0 Å².